The van der Waals surface area contributed by atoms with Crippen LogP contribution in [0.25, 0.3) is 5.65 Å². The highest BCUT2D eigenvalue weighted by atomic mass is 79.9. The Morgan fingerprint density at radius 3 is 2.16 bits per heavy atom. The molecule has 0 saturated heterocycles. The Kier molecular flexibility index (Phi) is 5.63. The number of hydrogen-bond acceptors (Lipinski definition) is 5. The summed E-state index contributed by atoms with van der Waals surface area (Å²) in [5.74, 6) is 0. The molecule has 0 aliphatic carbocycles. The number of fused-ring (bicyclic) bond motifs is 1. The SMILES string of the molecule is Cc1cc(C)[n+]2cc(Br)cc(Br)c2n1.[O-][Cl+3]([O-])([O-])[O-]. The third kappa shape index (κ3) is 5.65. The summed E-state index contributed by atoms with van der Waals surface area (Å²) in [5, 5.41) is 0. The van der Waals surface area contributed by atoms with E-state index in [9.17, 15) is 0 Å². The summed E-state index contributed by atoms with van der Waals surface area (Å²) in [7, 11) is -4.94. The molecule has 2 heterocycles. The first kappa shape index (κ1) is 16.7. The lowest BCUT2D eigenvalue weighted by Gasteiger charge is -2.17. The molecule has 0 aliphatic heterocycles. The summed E-state index contributed by atoms with van der Waals surface area (Å²) in [5.41, 5.74) is 3.16. The third-order valence-electron chi connectivity index (χ3n) is 2.04. The van der Waals surface area contributed by atoms with Gasteiger partial charge in [0.1, 0.15) is 16.4 Å². The number of pyridine rings is 1. The molecule has 0 saturated carbocycles. The second-order valence-corrected chi connectivity index (χ2v) is 6.14. The van der Waals surface area contributed by atoms with Crippen molar-refractivity contribution >= 4 is 37.5 Å². The van der Waals surface area contributed by atoms with Gasteiger partial charge in [0.25, 0.3) is 0 Å². The van der Waals surface area contributed by atoms with Crippen LogP contribution in [0.15, 0.2) is 27.3 Å². The second kappa shape index (κ2) is 6.40. The maximum Gasteiger partial charge on any atom is 0.342 e. The van der Waals surface area contributed by atoms with Crippen LogP contribution in [0, 0.1) is 24.1 Å². The van der Waals surface area contributed by atoms with Gasteiger partial charge in [-0.1, -0.05) is 0 Å². The molecule has 0 atom stereocenters. The molecule has 0 spiro atoms. The molecule has 104 valence electrons. The average molecular weight is 416 g/mol. The Labute approximate surface area is 128 Å². The minimum absolute atomic E-state index is 0.950. The average Bonchev–Trinajstić information content (AvgIpc) is 2.17. The zero-order valence-corrected chi connectivity index (χ0v) is 13.8. The van der Waals surface area contributed by atoms with Gasteiger partial charge in [0.05, 0.1) is 4.47 Å². The monoisotopic (exact) mass is 414 g/mol. The highest BCUT2D eigenvalue weighted by Crippen LogP contribution is 2.18. The van der Waals surface area contributed by atoms with Gasteiger partial charge in [-0.15, -0.1) is 10.2 Å². The van der Waals surface area contributed by atoms with E-state index in [-0.39, 0.29) is 0 Å². The smallest absolute Gasteiger partial charge is 0.222 e. The van der Waals surface area contributed by atoms with Crippen LogP contribution in [0.3, 0.4) is 0 Å². The molecule has 0 aliphatic rings. The highest BCUT2D eigenvalue weighted by molar-refractivity contribution is 9.11. The Bertz CT molecular complexity index is 551. The molecule has 6 nitrogen and oxygen atoms in total. The topological polar surface area (TPSA) is 109 Å². The Balaban J connectivity index is 0.000000312. The van der Waals surface area contributed by atoms with Gasteiger partial charge in [-0.2, -0.15) is 4.40 Å². The summed E-state index contributed by atoms with van der Waals surface area (Å²) in [6.07, 6.45) is 2.02. The van der Waals surface area contributed by atoms with Gasteiger partial charge >= 0.3 is 5.65 Å². The van der Waals surface area contributed by atoms with E-state index >= 15 is 0 Å². The third-order valence-corrected chi connectivity index (χ3v) is 3.06. The summed E-state index contributed by atoms with van der Waals surface area (Å²) in [6, 6.07) is 4.06. The first-order valence-electron chi connectivity index (χ1n) is 4.84. The lowest BCUT2D eigenvalue weighted by Crippen LogP contribution is -2.68. The minimum Gasteiger partial charge on any atom is -0.222 e. The van der Waals surface area contributed by atoms with Gasteiger partial charge < -0.3 is 0 Å². The predicted octanol–water partition coefficient (Wildman–Crippen LogP) is -1.79. The van der Waals surface area contributed by atoms with Gasteiger partial charge in [0.2, 0.25) is 0 Å². The molecular formula is C10H9Br2ClN2O4. The number of rotatable bonds is 0. The van der Waals surface area contributed by atoms with Crippen molar-refractivity contribution in [1.82, 2.24) is 4.98 Å². The van der Waals surface area contributed by atoms with Crippen LogP contribution in [0.2, 0.25) is 0 Å². The van der Waals surface area contributed by atoms with Crippen molar-refractivity contribution in [2.45, 2.75) is 13.8 Å². The molecule has 0 unspecified atom stereocenters. The van der Waals surface area contributed by atoms with Gasteiger partial charge in [-0.05, 0) is 49.8 Å². The van der Waals surface area contributed by atoms with Gasteiger partial charge in [-0.3, -0.25) is 0 Å². The van der Waals surface area contributed by atoms with E-state index in [1.165, 1.54) is 5.69 Å². The largest absolute Gasteiger partial charge is 0.342 e. The number of aryl methyl sites for hydroxylation is 2. The van der Waals surface area contributed by atoms with E-state index in [0.29, 0.717) is 0 Å². The predicted molar refractivity (Wildman–Crippen MR) is 62.3 cm³/mol. The summed E-state index contributed by atoms with van der Waals surface area (Å²) < 4.78 is 38.1. The molecule has 0 amide bonds. The molecular weight excluding hydrogens is 407 g/mol. The van der Waals surface area contributed by atoms with Gasteiger partial charge in [0.15, 0.2) is 5.69 Å². The van der Waals surface area contributed by atoms with Crippen LogP contribution < -0.4 is 23.0 Å². The number of aromatic nitrogens is 2. The lowest BCUT2D eigenvalue weighted by molar-refractivity contribution is -2.00. The van der Waals surface area contributed by atoms with Crippen LogP contribution >= 0.6 is 31.9 Å². The molecule has 19 heavy (non-hydrogen) atoms. The number of nitrogens with zero attached hydrogens (tertiary/aromatic N) is 2. The van der Waals surface area contributed by atoms with Crippen molar-refractivity contribution in [1.29, 1.82) is 0 Å². The fourth-order valence-electron chi connectivity index (χ4n) is 1.47. The maximum atomic E-state index is 8.49. The van der Waals surface area contributed by atoms with Crippen LogP contribution in [-0.4, -0.2) is 4.98 Å². The van der Waals surface area contributed by atoms with Crippen LogP contribution in [0.4, 0.5) is 0 Å². The van der Waals surface area contributed by atoms with E-state index in [4.69, 9.17) is 18.6 Å². The van der Waals surface area contributed by atoms with E-state index in [1.807, 2.05) is 19.2 Å². The molecule has 0 radical (unpaired) electrons. The molecule has 9 heteroatoms. The fourth-order valence-corrected chi connectivity index (χ4v) is 2.74. The molecule has 0 bridgehead atoms. The van der Waals surface area contributed by atoms with Crippen molar-refractivity contribution in [3.63, 3.8) is 0 Å². The van der Waals surface area contributed by atoms with E-state index in [1.54, 1.807) is 0 Å². The zero-order valence-electron chi connectivity index (χ0n) is 9.89. The maximum absolute atomic E-state index is 8.49. The Morgan fingerprint density at radius 1 is 1.11 bits per heavy atom. The molecule has 2 rings (SSSR count). The first-order valence-corrected chi connectivity index (χ1v) is 7.66. The van der Waals surface area contributed by atoms with Crippen LogP contribution in [-0.2, 0) is 0 Å². The Hall–Kier alpha value is -0.350. The van der Waals surface area contributed by atoms with Crippen LogP contribution in [0.5, 0.6) is 0 Å². The summed E-state index contributed by atoms with van der Waals surface area (Å²) in [6.45, 7) is 4.07. The quantitative estimate of drug-likeness (QED) is 0.471. The summed E-state index contributed by atoms with van der Waals surface area (Å²) >= 11 is 6.96. The summed E-state index contributed by atoms with van der Waals surface area (Å²) in [4.78, 5) is 4.47. The molecule has 0 fully saturated rings. The Morgan fingerprint density at radius 2 is 1.63 bits per heavy atom. The van der Waals surface area contributed by atoms with Crippen molar-refractivity contribution < 1.29 is 33.3 Å². The molecule has 0 N–H and O–H groups in total. The van der Waals surface area contributed by atoms with Gasteiger partial charge in [-0.25, -0.2) is 18.6 Å². The van der Waals surface area contributed by atoms with Crippen molar-refractivity contribution in [2.24, 2.45) is 0 Å². The normalized spacial score (nSPS) is 11.2. The van der Waals surface area contributed by atoms with E-state index < -0.39 is 10.2 Å². The van der Waals surface area contributed by atoms with Crippen LogP contribution in [0.1, 0.15) is 11.4 Å². The number of halogens is 3. The fraction of sp³-hybridized carbons (Fsp3) is 0.200. The zero-order chi connectivity index (χ0) is 14.8. The van der Waals surface area contributed by atoms with Crippen molar-refractivity contribution in [3.8, 4) is 0 Å². The minimum atomic E-state index is -4.94. The van der Waals surface area contributed by atoms with Crippen molar-refractivity contribution in [2.75, 3.05) is 0 Å². The molecule has 2 aromatic rings. The molecule has 0 aromatic carbocycles. The van der Waals surface area contributed by atoms with E-state index in [2.05, 4.69) is 54.2 Å². The van der Waals surface area contributed by atoms with E-state index in [0.717, 1.165) is 20.3 Å². The number of hydrogen-bond donors (Lipinski definition) is 0. The first-order chi connectivity index (χ1) is 8.58. The lowest BCUT2D eigenvalue weighted by atomic mass is 10.3. The van der Waals surface area contributed by atoms with Crippen molar-refractivity contribution in [3.05, 3.63) is 38.7 Å². The second-order valence-electron chi connectivity index (χ2n) is 3.62. The molecule has 2 aromatic heterocycles. The van der Waals surface area contributed by atoms with Gasteiger partial charge in [0, 0.05) is 13.0 Å². The standard InChI is InChI=1S/C10H9Br2N2.ClHO4/c1-6-3-7(2)14-5-8(11)4-9(12)10(14)13-6;2-1(3,4)5/h3-5H,1-2H3;(H,2,3,4,5)/q+1;/p-1. The highest BCUT2D eigenvalue weighted by Gasteiger charge is 2.13.